The number of carbonyl (C=O) groups excluding carboxylic acids is 1. The van der Waals surface area contributed by atoms with E-state index in [4.69, 9.17) is 0 Å². The number of carbonyl (C=O) groups is 1. The number of aryl methyl sites for hydroxylation is 2. The smallest absolute Gasteiger partial charge is 0.257 e. The van der Waals surface area contributed by atoms with Crippen molar-refractivity contribution in [1.82, 2.24) is 10.2 Å². The molecule has 21 heavy (non-hydrogen) atoms. The van der Waals surface area contributed by atoms with Crippen LogP contribution in [0.5, 0.6) is 0 Å². The monoisotopic (exact) mass is 321 g/mol. The third-order valence-electron chi connectivity index (χ3n) is 3.12. The molecule has 0 radical (unpaired) electrons. The van der Waals surface area contributed by atoms with Crippen LogP contribution in [-0.2, 0) is 0 Å². The van der Waals surface area contributed by atoms with Crippen molar-refractivity contribution in [3.05, 3.63) is 34.9 Å². The lowest BCUT2D eigenvalue weighted by Gasteiger charge is -2.04. The Kier molecular flexibility index (Phi) is 5.76. The van der Waals surface area contributed by atoms with Gasteiger partial charge in [-0.25, -0.2) is 0 Å². The van der Waals surface area contributed by atoms with Gasteiger partial charge in [0.25, 0.3) is 5.91 Å². The second-order valence-corrected chi connectivity index (χ2v) is 7.15. The van der Waals surface area contributed by atoms with Crippen LogP contribution in [0.3, 0.4) is 0 Å². The van der Waals surface area contributed by atoms with E-state index in [1.54, 1.807) is 11.8 Å². The molecule has 0 aliphatic rings. The van der Waals surface area contributed by atoms with Gasteiger partial charge in [-0.15, -0.1) is 10.2 Å². The van der Waals surface area contributed by atoms with Crippen LogP contribution in [0, 0.1) is 13.8 Å². The average Bonchev–Trinajstić information content (AvgIpc) is 2.89. The molecule has 0 saturated heterocycles. The maximum absolute atomic E-state index is 12.2. The third-order valence-corrected chi connectivity index (χ3v) is 5.18. The molecule has 1 aromatic heterocycles. The van der Waals surface area contributed by atoms with Gasteiger partial charge >= 0.3 is 0 Å². The lowest BCUT2D eigenvalue weighted by atomic mass is 10.1. The average molecular weight is 321 g/mol. The molecular weight excluding hydrogens is 302 g/mol. The zero-order valence-corrected chi connectivity index (χ0v) is 14.1. The number of aromatic nitrogens is 2. The molecular formula is C15H19N3OS2. The minimum Gasteiger partial charge on any atom is -0.296 e. The molecule has 1 N–H and O–H groups in total. The van der Waals surface area contributed by atoms with Gasteiger partial charge in [0.1, 0.15) is 0 Å². The number of amides is 1. The molecule has 0 aliphatic carbocycles. The molecule has 0 saturated carbocycles. The van der Waals surface area contributed by atoms with E-state index < -0.39 is 0 Å². The summed E-state index contributed by atoms with van der Waals surface area (Å²) in [7, 11) is 0. The highest BCUT2D eigenvalue weighted by Gasteiger charge is 2.11. The molecule has 1 amide bonds. The lowest BCUT2D eigenvalue weighted by molar-refractivity contribution is 0.102. The molecule has 0 bridgehead atoms. The second kappa shape index (κ2) is 7.56. The molecule has 0 aliphatic heterocycles. The van der Waals surface area contributed by atoms with Crippen LogP contribution in [0.25, 0.3) is 0 Å². The van der Waals surface area contributed by atoms with Crippen molar-refractivity contribution in [2.45, 2.75) is 38.0 Å². The number of hydrogen-bond acceptors (Lipinski definition) is 5. The van der Waals surface area contributed by atoms with Crippen molar-refractivity contribution >= 4 is 34.1 Å². The van der Waals surface area contributed by atoms with Crippen LogP contribution in [0.2, 0.25) is 0 Å². The Bertz CT molecular complexity index is 625. The van der Waals surface area contributed by atoms with Gasteiger partial charge in [-0.05, 0) is 43.5 Å². The van der Waals surface area contributed by atoms with E-state index in [1.807, 2.05) is 32.0 Å². The van der Waals surface area contributed by atoms with Crippen molar-refractivity contribution in [2.24, 2.45) is 0 Å². The molecule has 112 valence electrons. The molecule has 0 fully saturated rings. The lowest BCUT2D eigenvalue weighted by Crippen LogP contribution is -2.12. The normalized spacial score (nSPS) is 10.6. The summed E-state index contributed by atoms with van der Waals surface area (Å²) in [5.74, 6) is 0.898. The number of rotatable bonds is 6. The molecule has 0 spiro atoms. The first-order valence-electron chi connectivity index (χ1n) is 6.95. The number of hydrogen-bond donors (Lipinski definition) is 1. The Hall–Kier alpha value is -1.40. The number of nitrogens with one attached hydrogen (secondary N) is 1. The zero-order valence-electron chi connectivity index (χ0n) is 12.5. The molecule has 0 unspecified atom stereocenters. The zero-order chi connectivity index (χ0) is 15.2. The second-order valence-electron chi connectivity index (χ2n) is 4.83. The van der Waals surface area contributed by atoms with Crippen molar-refractivity contribution in [2.75, 3.05) is 11.1 Å². The predicted octanol–water partition coefficient (Wildman–Crippen LogP) is 4.30. The Morgan fingerprint density at radius 3 is 2.81 bits per heavy atom. The van der Waals surface area contributed by atoms with Crippen LogP contribution in [0.4, 0.5) is 5.13 Å². The Balaban J connectivity index is 1.97. The maximum Gasteiger partial charge on any atom is 0.257 e. The summed E-state index contributed by atoms with van der Waals surface area (Å²) in [4.78, 5) is 12.2. The van der Waals surface area contributed by atoms with E-state index in [0.717, 1.165) is 22.1 Å². The molecule has 2 aromatic rings. The number of benzene rings is 1. The topological polar surface area (TPSA) is 54.9 Å². The summed E-state index contributed by atoms with van der Waals surface area (Å²) < 4.78 is 0.902. The number of thioether (sulfide) groups is 1. The summed E-state index contributed by atoms with van der Waals surface area (Å²) in [6.45, 7) is 6.19. The van der Waals surface area contributed by atoms with E-state index in [1.165, 1.54) is 23.3 Å². The fraction of sp³-hybridized carbons (Fsp3) is 0.400. The van der Waals surface area contributed by atoms with Gasteiger partial charge in [-0.2, -0.15) is 0 Å². The first-order valence-corrected chi connectivity index (χ1v) is 8.75. The minimum atomic E-state index is -0.139. The molecule has 0 atom stereocenters. The molecule has 1 aromatic carbocycles. The fourth-order valence-corrected chi connectivity index (χ4v) is 3.58. The van der Waals surface area contributed by atoms with Crippen LogP contribution < -0.4 is 5.32 Å². The Morgan fingerprint density at radius 1 is 1.29 bits per heavy atom. The van der Waals surface area contributed by atoms with E-state index in [9.17, 15) is 4.79 Å². The van der Waals surface area contributed by atoms with E-state index in [2.05, 4.69) is 22.4 Å². The molecule has 4 nitrogen and oxygen atoms in total. The summed E-state index contributed by atoms with van der Waals surface area (Å²) in [5, 5.41) is 11.5. The van der Waals surface area contributed by atoms with Gasteiger partial charge in [-0.3, -0.25) is 10.1 Å². The van der Waals surface area contributed by atoms with Crippen molar-refractivity contribution in [1.29, 1.82) is 0 Å². The van der Waals surface area contributed by atoms with Crippen LogP contribution in [0.1, 0.15) is 41.3 Å². The number of nitrogens with zero attached hydrogens (tertiary/aromatic N) is 2. The van der Waals surface area contributed by atoms with Crippen molar-refractivity contribution in [3.63, 3.8) is 0 Å². The largest absolute Gasteiger partial charge is 0.296 e. The van der Waals surface area contributed by atoms with Gasteiger partial charge in [0.15, 0.2) is 4.34 Å². The van der Waals surface area contributed by atoms with Gasteiger partial charge in [0, 0.05) is 11.3 Å². The van der Waals surface area contributed by atoms with Gasteiger partial charge in [0.2, 0.25) is 5.13 Å². The highest BCUT2D eigenvalue weighted by molar-refractivity contribution is 8.01. The summed E-state index contributed by atoms with van der Waals surface area (Å²) in [6.07, 6.45) is 2.33. The minimum absolute atomic E-state index is 0.139. The van der Waals surface area contributed by atoms with E-state index in [-0.39, 0.29) is 5.91 Å². The quantitative estimate of drug-likeness (QED) is 0.489. The summed E-state index contributed by atoms with van der Waals surface area (Å²) in [5.41, 5.74) is 2.93. The first-order chi connectivity index (χ1) is 10.1. The number of unbranched alkanes of at least 4 members (excludes halogenated alkanes) is 1. The SMILES string of the molecule is CCCCSc1nnc(NC(=O)c2ccc(C)c(C)c2)s1. The van der Waals surface area contributed by atoms with Crippen LogP contribution in [0.15, 0.2) is 22.5 Å². The first kappa shape index (κ1) is 16.0. The Morgan fingerprint density at radius 2 is 2.10 bits per heavy atom. The Labute approximate surface area is 133 Å². The summed E-state index contributed by atoms with van der Waals surface area (Å²) >= 11 is 3.11. The van der Waals surface area contributed by atoms with Crippen LogP contribution >= 0.6 is 23.1 Å². The van der Waals surface area contributed by atoms with Crippen LogP contribution in [-0.4, -0.2) is 21.9 Å². The third kappa shape index (κ3) is 4.54. The van der Waals surface area contributed by atoms with Crippen molar-refractivity contribution in [3.8, 4) is 0 Å². The van der Waals surface area contributed by atoms with E-state index >= 15 is 0 Å². The van der Waals surface area contributed by atoms with Gasteiger partial charge in [-0.1, -0.05) is 42.5 Å². The van der Waals surface area contributed by atoms with Gasteiger partial charge in [0.05, 0.1) is 0 Å². The van der Waals surface area contributed by atoms with Crippen molar-refractivity contribution < 1.29 is 4.79 Å². The molecule has 2 rings (SSSR count). The fourth-order valence-electron chi connectivity index (χ4n) is 1.67. The predicted molar refractivity (Wildman–Crippen MR) is 89.4 cm³/mol. The highest BCUT2D eigenvalue weighted by atomic mass is 32.2. The standard InChI is InChI=1S/C15H19N3OS2/c1-4-5-8-20-15-18-17-14(21-15)16-13(19)12-7-6-10(2)11(3)9-12/h6-7,9H,4-5,8H2,1-3H3,(H,16,17,19). The molecule has 6 heteroatoms. The number of anilines is 1. The van der Waals surface area contributed by atoms with Gasteiger partial charge < -0.3 is 0 Å². The highest BCUT2D eigenvalue weighted by Crippen LogP contribution is 2.26. The molecule has 1 heterocycles. The van der Waals surface area contributed by atoms with E-state index in [0.29, 0.717) is 10.7 Å². The summed E-state index contributed by atoms with van der Waals surface area (Å²) in [6, 6.07) is 5.68. The maximum atomic E-state index is 12.2.